The third kappa shape index (κ3) is 4.37. The first kappa shape index (κ1) is 19.0. The van der Waals surface area contributed by atoms with Crippen LogP contribution in [0.2, 0.25) is 0 Å². The van der Waals surface area contributed by atoms with Gasteiger partial charge in [-0.2, -0.15) is 0 Å². The van der Waals surface area contributed by atoms with Gasteiger partial charge in [-0.3, -0.25) is 9.69 Å². The molecule has 1 amide bonds. The van der Waals surface area contributed by atoms with Gasteiger partial charge in [0.15, 0.2) is 5.76 Å². The monoisotopic (exact) mass is 438 g/mol. The van der Waals surface area contributed by atoms with Crippen LogP contribution in [-0.4, -0.2) is 29.9 Å². The zero-order chi connectivity index (χ0) is 19.3. The minimum atomic E-state index is -0.0752. The lowest BCUT2D eigenvalue weighted by Crippen LogP contribution is -2.47. The van der Waals surface area contributed by atoms with Crippen LogP contribution in [0.3, 0.4) is 0 Å². The van der Waals surface area contributed by atoms with Gasteiger partial charge in [-0.25, -0.2) is 0 Å². The zero-order valence-corrected chi connectivity index (χ0v) is 17.2. The number of carbonyl (C=O) groups excluding carboxylic acids is 1. The van der Waals surface area contributed by atoms with E-state index < -0.39 is 0 Å². The van der Waals surface area contributed by atoms with E-state index in [1.807, 2.05) is 35.2 Å². The molecular formula is C23H23BrN2O2. The Morgan fingerprint density at radius 3 is 2.36 bits per heavy atom. The minimum Gasteiger partial charge on any atom is -0.459 e. The summed E-state index contributed by atoms with van der Waals surface area (Å²) in [6.45, 7) is 2.90. The fourth-order valence-electron chi connectivity index (χ4n) is 3.79. The van der Waals surface area contributed by atoms with E-state index in [1.54, 1.807) is 18.4 Å². The third-order valence-electron chi connectivity index (χ3n) is 5.23. The molecule has 28 heavy (non-hydrogen) atoms. The summed E-state index contributed by atoms with van der Waals surface area (Å²) in [6, 6.07) is 22.1. The topological polar surface area (TPSA) is 36.7 Å². The fraction of sp³-hybridized carbons (Fsp3) is 0.261. The molecule has 0 saturated carbocycles. The number of hydrogen-bond acceptors (Lipinski definition) is 3. The van der Waals surface area contributed by atoms with Crippen LogP contribution in [-0.2, 0) is 6.54 Å². The Hall–Kier alpha value is -2.37. The normalized spacial score (nSPS) is 15.5. The van der Waals surface area contributed by atoms with Crippen molar-refractivity contribution >= 4 is 27.5 Å². The number of hydrogen-bond donors (Lipinski definition) is 0. The second kappa shape index (κ2) is 8.76. The maximum atomic E-state index is 13.2. The van der Waals surface area contributed by atoms with Gasteiger partial charge in [-0.05, 0) is 54.8 Å². The molecule has 4 nitrogen and oxygen atoms in total. The van der Waals surface area contributed by atoms with E-state index in [0.717, 1.165) is 42.6 Å². The van der Waals surface area contributed by atoms with Gasteiger partial charge in [0, 0.05) is 35.8 Å². The van der Waals surface area contributed by atoms with E-state index >= 15 is 0 Å². The maximum Gasteiger partial charge on any atom is 0.294 e. The molecule has 0 N–H and O–H groups in total. The predicted octanol–water partition coefficient (Wildman–Crippen LogP) is 5.35. The number of halogens is 1. The lowest BCUT2D eigenvalue weighted by molar-refractivity contribution is 0.0932. The first-order valence-corrected chi connectivity index (χ1v) is 10.4. The highest BCUT2D eigenvalue weighted by Crippen LogP contribution is 2.28. The van der Waals surface area contributed by atoms with Crippen LogP contribution in [0.5, 0.6) is 0 Å². The van der Waals surface area contributed by atoms with Crippen molar-refractivity contribution in [2.24, 2.45) is 0 Å². The first-order valence-electron chi connectivity index (χ1n) is 9.59. The van der Waals surface area contributed by atoms with Gasteiger partial charge >= 0.3 is 0 Å². The lowest BCUT2D eigenvalue weighted by atomic mass is 10.0. The van der Waals surface area contributed by atoms with E-state index in [-0.39, 0.29) is 11.9 Å². The molecule has 4 rings (SSSR count). The molecule has 1 saturated heterocycles. The standard InChI is InChI=1S/C23H23BrN2O2/c24-19-8-10-20(11-9-19)26(23(27)22-7-4-16-28-22)21-12-14-25(15-13-21)17-18-5-2-1-3-6-18/h1-11,16,21H,12-15,17H2. The van der Waals surface area contributed by atoms with Gasteiger partial charge in [0.2, 0.25) is 0 Å². The molecule has 0 spiro atoms. The van der Waals surface area contributed by atoms with Crippen LogP contribution < -0.4 is 4.90 Å². The number of carbonyl (C=O) groups is 1. The zero-order valence-electron chi connectivity index (χ0n) is 15.6. The Morgan fingerprint density at radius 1 is 1.00 bits per heavy atom. The van der Waals surface area contributed by atoms with Crippen molar-refractivity contribution in [1.29, 1.82) is 0 Å². The molecule has 2 heterocycles. The number of nitrogens with zero attached hydrogens (tertiary/aromatic N) is 2. The third-order valence-corrected chi connectivity index (χ3v) is 5.76. The van der Waals surface area contributed by atoms with Crippen LogP contribution in [0, 0.1) is 0 Å². The Labute approximate surface area is 173 Å². The number of anilines is 1. The summed E-state index contributed by atoms with van der Waals surface area (Å²) in [4.78, 5) is 17.5. The molecule has 1 aliphatic rings. The molecule has 0 unspecified atom stereocenters. The van der Waals surface area contributed by atoms with Crippen molar-refractivity contribution in [3.63, 3.8) is 0 Å². The van der Waals surface area contributed by atoms with Crippen LogP contribution in [0.25, 0.3) is 0 Å². The Morgan fingerprint density at radius 2 is 1.71 bits per heavy atom. The lowest BCUT2D eigenvalue weighted by Gasteiger charge is -2.38. The molecule has 0 aliphatic carbocycles. The molecular weight excluding hydrogens is 416 g/mol. The van der Waals surface area contributed by atoms with Crippen molar-refractivity contribution in [2.75, 3.05) is 18.0 Å². The summed E-state index contributed by atoms with van der Waals surface area (Å²) in [5.74, 6) is 0.309. The molecule has 0 bridgehead atoms. The number of benzene rings is 2. The average Bonchev–Trinajstić information content (AvgIpc) is 3.27. The van der Waals surface area contributed by atoms with Gasteiger partial charge in [-0.1, -0.05) is 46.3 Å². The molecule has 1 fully saturated rings. The van der Waals surface area contributed by atoms with Crippen molar-refractivity contribution in [3.05, 3.63) is 88.8 Å². The molecule has 5 heteroatoms. The first-order chi connectivity index (χ1) is 13.7. The average molecular weight is 439 g/mol. The molecule has 1 aliphatic heterocycles. The molecule has 3 aromatic rings. The van der Waals surface area contributed by atoms with Crippen LogP contribution in [0.1, 0.15) is 29.0 Å². The summed E-state index contributed by atoms with van der Waals surface area (Å²) < 4.78 is 6.40. The number of piperidine rings is 1. The van der Waals surface area contributed by atoms with Gasteiger partial charge in [-0.15, -0.1) is 0 Å². The number of furan rings is 1. The number of amides is 1. The quantitative estimate of drug-likeness (QED) is 0.538. The van der Waals surface area contributed by atoms with E-state index in [2.05, 4.69) is 45.1 Å². The Kier molecular flexibility index (Phi) is 5.93. The van der Waals surface area contributed by atoms with Gasteiger partial charge in [0.05, 0.1) is 6.26 Å². The van der Waals surface area contributed by atoms with E-state index in [0.29, 0.717) is 5.76 Å². The SMILES string of the molecule is O=C(c1ccco1)N(c1ccc(Br)cc1)C1CCN(Cc2ccccc2)CC1. The Bertz CT molecular complexity index is 886. The summed E-state index contributed by atoms with van der Waals surface area (Å²) in [5.41, 5.74) is 2.24. The highest BCUT2D eigenvalue weighted by Gasteiger charge is 2.31. The van der Waals surface area contributed by atoms with Gasteiger partial charge < -0.3 is 9.32 Å². The van der Waals surface area contributed by atoms with Crippen LogP contribution in [0.4, 0.5) is 5.69 Å². The van der Waals surface area contributed by atoms with Crippen molar-refractivity contribution in [1.82, 2.24) is 4.90 Å². The van der Waals surface area contributed by atoms with Gasteiger partial charge in [0.25, 0.3) is 5.91 Å². The van der Waals surface area contributed by atoms with Crippen molar-refractivity contribution in [2.45, 2.75) is 25.4 Å². The fourth-order valence-corrected chi connectivity index (χ4v) is 4.06. The second-order valence-corrected chi connectivity index (χ2v) is 8.04. The second-order valence-electron chi connectivity index (χ2n) is 7.12. The molecule has 0 radical (unpaired) electrons. The van der Waals surface area contributed by atoms with Crippen LogP contribution in [0.15, 0.2) is 81.9 Å². The van der Waals surface area contributed by atoms with E-state index in [1.165, 1.54) is 5.56 Å². The summed E-state index contributed by atoms with van der Waals surface area (Å²) >= 11 is 3.48. The predicted molar refractivity (Wildman–Crippen MR) is 114 cm³/mol. The van der Waals surface area contributed by atoms with E-state index in [9.17, 15) is 4.79 Å². The highest BCUT2D eigenvalue weighted by atomic mass is 79.9. The van der Waals surface area contributed by atoms with Gasteiger partial charge in [0.1, 0.15) is 0 Å². The summed E-state index contributed by atoms with van der Waals surface area (Å²) in [6.07, 6.45) is 3.43. The summed E-state index contributed by atoms with van der Waals surface area (Å²) in [5, 5.41) is 0. The minimum absolute atomic E-state index is 0.0752. The molecule has 1 aromatic heterocycles. The summed E-state index contributed by atoms with van der Waals surface area (Å²) in [7, 11) is 0. The highest BCUT2D eigenvalue weighted by molar-refractivity contribution is 9.10. The molecule has 0 atom stereocenters. The largest absolute Gasteiger partial charge is 0.459 e. The van der Waals surface area contributed by atoms with Crippen molar-refractivity contribution in [3.8, 4) is 0 Å². The Balaban J connectivity index is 1.49. The maximum absolute atomic E-state index is 13.2. The van der Waals surface area contributed by atoms with Crippen LogP contribution >= 0.6 is 15.9 Å². The number of rotatable bonds is 5. The number of likely N-dealkylation sites (tertiary alicyclic amines) is 1. The molecule has 144 valence electrons. The molecule has 2 aromatic carbocycles. The smallest absolute Gasteiger partial charge is 0.294 e. The van der Waals surface area contributed by atoms with E-state index in [4.69, 9.17) is 4.42 Å². The van der Waals surface area contributed by atoms with Crippen molar-refractivity contribution < 1.29 is 9.21 Å².